The Hall–Kier alpha value is -0.290. The first-order valence-corrected chi connectivity index (χ1v) is 7.65. The van der Waals surface area contributed by atoms with E-state index in [0.717, 1.165) is 22.5 Å². The largest absolute Gasteiger partial charge is 0.354 e. The molecule has 3 nitrogen and oxygen atoms in total. The Labute approximate surface area is 116 Å². The predicted molar refractivity (Wildman–Crippen MR) is 78.7 cm³/mol. The molecule has 17 heavy (non-hydrogen) atoms. The van der Waals surface area contributed by atoms with Crippen molar-refractivity contribution in [3.63, 3.8) is 0 Å². The summed E-state index contributed by atoms with van der Waals surface area (Å²) in [7, 11) is 0. The van der Waals surface area contributed by atoms with Crippen LogP contribution in [-0.4, -0.2) is 21.8 Å². The standard InChI is InChI=1S/C12H20BrN3S/c1-5-6-14-12-15-7-10(13)11(16-12)17-9(4)8(2)3/h7-9H,5-6H2,1-4H3,(H,14,15,16). The normalized spacial score (nSPS) is 12.8. The molecule has 1 aromatic rings. The van der Waals surface area contributed by atoms with Crippen LogP contribution in [0.4, 0.5) is 5.95 Å². The van der Waals surface area contributed by atoms with Crippen LogP contribution in [-0.2, 0) is 0 Å². The number of hydrogen-bond acceptors (Lipinski definition) is 4. The lowest BCUT2D eigenvalue weighted by atomic mass is 10.2. The van der Waals surface area contributed by atoms with Gasteiger partial charge in [-0.15, -0.1) is 11.8 Å². The Balaban J connectivity index is 2.75. The topological polar surface area (TPSA) is 37.8 Å². The number of halogens is 1. The van der Waals surface area contributed by atoms with Crippen LogP contribution in [0.15, 0.2) is 15.7 Å². The second-order valence-corrected chi connectivity index (χ2v) is 6.56. The van der Waals surface area contributed by atoms with Crippen molar-refractivity contribution in [1.29, 1.82) is 0 Å². The Kier molecular flexibility index (Phi) is 6.27. The first kappa shape index (κ1) is 14.8. The van der Waals surface area contributed by atoms with Crippen molar-refractivity contribution < 1.29 is 0 Å². The van der Waals surface area contributed by atoms with Crippen molar-refractivity contribution >= 4 is 33.6 Å². The summed E-state index contributed by atoms with van der Waals surface area (Å²) in [6.07, 6.45) is 2.89. The zero-order chi connectivity index (χ0) is 12.8. The summed E-state index contributed by atoms with van der Waals surface area (Å²) in [6.45, 7) is 9.71. The van der Waals surface area contributed by atoms with Crippen LogP contribution in [0.2, 0.25) is 0 Å². The molecule has 0 bridgehead atoms. The van der Waals surface area contributed by atoms with Gasteiger partial charge in [-0.1, -0.05) is 27.7 Å². The van der Waals surface area contributed by atoms with Gasteiger partial charge in [-0.25, -0.2) is 9.97 Å². The van der Waals surface area contributed by atoms with Crippen LogP contribution >= 0.6 is 27.7 Å². The maximum atomic E-state index is 4.53. The van der Waals surface area contributed by atoms with E-state index in [9.17, 15) is 0 Å². The van der Waals surface area contributed by atoms with Gasteiger partial charge in [-0.05, 0) is 28.3 Å². The highest BCUT2D eigenvalue weighted by Gasteiger charge is 2.13. The molecule has 0 aliphatic carbocycles. The van der Waals surface area contributed by atoms with E-state index in [1.165, 1.54) is 0 Å². The van der Waals surface area contributed by atoms with Crippen LogP contribution in [0.25, 0.3) is 0 Å². The van der Waals surface area contributed by atoms with E-state index >= 15 is 0 Å². The van der Waals surface area contributed by atoms with Crippen LogP contribution in [0, 0.1) is 5.92 Å². The summed E-state index contributed by atoms with van der Waals surface area (Å²) in [5.41, 5.74) is 0. The second kappa shape index (κ2) is 7.21. The SMILES string of the molecule is CCCNc1ncc(Br)c(SC(C)C(C)C)n1. The van der Waals surface area contributed by atoms with Gasteiger partial charge in [0, 0.05) is 18.0 Å². The molecule has 0 aliphatic rings. The molecule has 1 unspecified atom stereocenters. The highest BCUT2D eigenvalue weighted by Crippen LogP contribution is 2.31. The van der Waals surface area contributed by atoms with Crippen molar-refractivity contribution in [2.24, 2.45) is 5.92 Å². The third-order valence-electron chi connectivity index (χ3n) is 2.48. The van der Waals surface area contributed by atoms with E-state index in [-0.39, 0.29) is 0 Å². The summed E-state index contributed by atoms with van der Waals surface area (Å²) in [6, 6.07) is 0. The number of nitrogens with zero attached hydrogens (tertiary/aromatic N) is 2. The first-order valence-electron chi connectivity index (χ1n) is 5.97. The number of hydrogen-bond donors (Lipinski definition) is 1. The Bertz CT molecular complexity index is 358. The highest BCUT2D eigenvalue weighted by atomic mass is 79.9. The minimum absolute atomic E-state index is 0.542. The number of anilines is 1. The minimum atomic E-state index is 0.542. The zero-order valence-corrected chi connectivity index (χ0v) is 13.2. The predicted octanol–water partition coefficient (Wildman–Crippen LogP) is 4.20. The van der Waals surface area contributed by atoms with Crippen molar-refractivity contribution in [2.75, 3.05) is 11.9 Å². The maximum absolute atomic E-state index is 4.53. The molecule has 1 heterocycles. The van der Waals surface area contributed by atoms with Gasteiger partial charge in [-0.2, -0.15) is 0 Å². The van der Waals surface area contributed by atoms with Crippen molar-refractivity contribution in [2.45, 2.75) is 44.4 Å². The molecule has 0 spiro atoms. The van der Waals surface area contributed by atoms with E-state index in [2.05, 4.69) is 58.9 Å². The molecule has 1 aromatic heterocycles. The van der Waals surface area contributed by atoms with Gasteiger partial charge in [0.15, 0.2) is 0 Å². The molecule has 1 N–H and O–H groups in total. The number of aromatic nitrogens is 2. The molecule has 5 heteroatoms. The molecule has 0 amide bonds. The third kappa shape index (κ3) is 4.84. The molecule has 0 radical (unpaired) electrons. The Morgan fingerprint density at radius 1 is 1.41 bits per heavy atom. The lowest BCUT2D eigenvalue weighted by molar-refractivity contribution is 0.641. The van der Waals surface area contributed by atoms with E-state index in [1.807, 2.05) is 6.20 Å². The molecule has 0 saturated heterocycles. The zero-order valence-electron chi connectivity index (χ0n) is 10.8. The molecular weight excluding hydrogens is 298 g/mol. The van der Waals surface area contributed by atoms with Crippen molar-refractivity contribution in [1.82, 2.24) is 9.97 Å². The fraction of sp³-hybridized carbons (Fsp3) is 0.667. The van der Waals surface area contributed by atoms with Crippen LogP contribution in [0.5, 0.6) is 0 Å². The lowest BCUT2D eigenvalue weighted by Crippen LogP contribution is -2.08. The smallest absolute Gasteiger partial charge is 0.223 e. The van der Waals surface area contributed by atoms with Gasteiger partial charge >= 0.3 is 0 Å². The monoisotopic (exact) mass is 317 g/mol. The fourth-order valence-electron chi connectivity index (χ4n) is 1.07. The summed E-state index contributed by atoms with van der Waals surface area (Å²) in [4.78, 5) is 8.77. The third-order valence-corrected chi connectivity index (χ3v) is 4.77. The average Bonchev–Trinajstić information content (AvgIpc) is 2.29. The fourth-order valence-corrected chi connectivity index (χ4v) is 2.47. The average molecular weight is 318 g/mol. The number of thioether (sulfide) groups is 1. The quantitative estimate of drug-likeness (QED) is 0.630. The molecule has 0 fully saturated rings. The summed E-state index contributed by atoms with van der Waals surface area (Å²) < 4.78 is 0.969. The highest BCUT2D eigenvalue weighted by molar-refractivity contribution is 9.10. The van der Waals surface area contributed by atoms with E-state index in [0.29, 0.717) is 17.1 Å². The summed E-state index contributed by atoms with van der Waals surface area (Å²) >= 11 is 5.29. The van der Waals surface area contributed by atoms with Gasteiger partial charge < -0.3 is 5.32 Å². The summed E-state index contributed by atoms with van der Waals surface area (Å²) in [5.74, 6) is 1.35. The van der Waals surface area contributed by atoms with Gasteiger partial charge in [0.1, 0.15) is 5.03 Å². The molecule has 0 aromatic carbocycles. The first-order chi connectivity index (χ1) is 8.04. The minimum Gasteiger partial charge on any atom is -0.354 e. The van der Waals surface area contributed by atoms with Gasteiger partial charge in [-0.3, -0.25) is 0 Å². The summed E-state index contributed by atoms with van der Waals surface area (Å²) in [5, 5.41) is 4.76. The van der Waals surface area contributed by atoms with Gasteiger partial charge in [0.05, 0.1) is 4.47 Å². The van der Waals surface area contributed by atoms with Crippen LogP contribution in [0.1, 0.15) is 34.1 Å². The van der Waals surface area contributed by atoms with E-state index in [4.69, 9.17) is 0 Å². The molecule has 1 rings (SSSR count). The van der Waals surface area contributed by atoms with Crippen molar-refractivity contribution in [3.8, 4) is 0 Å². The number of rotatable bonds is 6. The lowest BCUT2D eigenvalue weighted by Gasteiger charge is -2.15. The van der Waals surface area contributed by atoms with E-state index in [1.54, 1.807) is 11.8 Å². The van der Waals surface area contributed by atoms with Gasteiger partial charge in [0.25, 0.3) is 0 Å². The molecule has 0 aliphatic heterocycles. The maximum Gasteiger partial charge on any atom is 0.223 e. The van der Waals surface area contributed by atoms with Crippen LogP contribution in [0.3, 0.4) is 0 Å². The second-order valence-electron chi connectivity index (χ2n) is 4.34. The molecule has 1 atom stereocenters. The number of nitrogens with one attached hydrogen (secondary N) is 1. The Morgan fingerprint density at radius 2 is 2.12 bits per heavy atom. The molecular formula is C12H20BrN3S. The van der Waals surface area contributed by atoms with Crippen LogP contribution < -0.4 is 5.32 Å². The van der Waals surface area contributed by atoms with E-state index < -0.39 is 0 Å². The Morgan fingerprint density at radius 3 is 2.71 bits per heavy atom. The van der Waals surface area contributed by atoms with Crippen molar-refractivity contribution in [3.05, 3.63) is 10.7 Å². The molecule has 0 saturated carbocycles. The molecule has 96 valence electrons. The van der Waals surface area contributed by atoms with Gasteiger partial charge in [0.2, 0.25) is 5.95 Å².